The molecule has 1 aromatic heterocycles. The average molecular weight is 289 g/mol. The number of nitrogen functional groups attached to an aromatic ring is 1. The third-order valence-electron chi connectivity index (χ3n) is 4.49. The highest BCUT2D eigenvalue weighted by Crippen LogP contribution is 2.44. The standard InChI is InChI=1S/C15H19N3OS/c1-8-6-18(7-9(8)2)15-11(5-16)12(17)14(20-15)13(19)10-3-4-10/h8-10H,3-4,6-7,17H2,1-2H3. The van der Waals surface area contributed by atoms with Gasteiger partial charge in [-0.3, -0.25) is 4.79 Å². The fraction of sp³-hybridized carbons (Fsp3) is 0.600. The van der Waals surface area contributed by atoms with Crippen LogP contribution in [0.25, 0.3) is 0 Å². The lowest BCUT2D eigenvalue weighted by atomic mass is 10.0. The first-order valence-electron chi connectivity index (χ1n) is 7.14. The van der Waals surface area contributed by atoms with Crippen molar-refractivity contribution in [2.45, 2.75) is 26.7 Å². The molecule has 1 aliphatic carbocycles. The van der Waals surface area contributed by atoms with Crippen molar-refractivity contribution in [1.82, 2.24) is 0 Å². The van der Waals surface area contributed by atoms with Crippen LogP contribution in [0.5, 0.6) is 0 Å². The number of nitrogens with two attached hydrogens (primary N) is 1. The molecule has 0 aromatic carbocycles. The van der Waals surface area contributed by atoms with Crippen molar-refractivity contribution < 1.29 is 4.79 Å². The number of ketones is 1. The Labute approximate surface area is 123 Å². The second-order valence-corrected chi connectivity index (χ2v) is 7.13. The summed E-state index contributed by atoms with van der Waals surface area (Å²) in [5.74, 6) is 1.49. The Morgan fingerprint density at radius 1 is 1.35 bits per heavy atom. The van der Waals surface area contributed by atoms with Gasteiger partial charge in [0.25, 0.3) is 0 Å². The number of anilines is 2. The Morgan fingerprint density at radius 2 is 1.95 bits per heavy atom. The SMILES string of the molecule is CC1CN(c2sc(C(=O)C3CC3)c(N)c2C#N)CC1C. The van der Waals surface area contributed by atoms with Gasteiger partial charge in [0.1, 0.15) is 16.6 Å². The number of nitrogens with zero attached hydrogens (tertiary/aromatic N) is 2. The molecule has 2 heterocycles. The lowest BCUT2D eigenvalue weighted by Crippen LogP contribution is -2.19. The van der Waals surface area contributed by atoms with Gasteiger partial charge in [-0.2, -0.15) is 5.26 Å². The summed E-state index contributed by atoms with van der Waals surface area (Å²) in [7, 11) is 0. The van der Waals surface area contributed by atoms with Crippen LogP contribution in [-0.2, 0) is 0 Å². The molecule has 0 spiro atoms. The summed E-state index contributed by atoms with van der Waals surface area (Å²) in [4.78, 5) is 15.1. The number of carbonyl (C=O) groups is 1. The molecule has 2 aliphatic rings. The summed E-state index contributed by atoms with van der Waals surface area (Å²) < 4.78 is 0. The summed E-state index contributed by atoms with van der Waals surface area (Å²) in [6.45, 7) is 6.33. The highest BCUT2D eigenvalue weighted by Gasteiger charge is 2.36. The van der Waals surface area contributed by atoms with Gasteiger partial charge in [0.15, 0.2) is 5.78 Å². The maximum absolute atomic E-state index is 12.3. The van der Waals surface area contributed by atoms with Crippen LogP contribution >= 0.6 is 11.3 Å². The predicted molar refractivity (Wildman–Crippen MR) is 81.0 cm³/mol. The first-order valence-corrected chi connectivity index (χ1v) is 7.96. The Balaban J connectivity index is 1.97. The van der Waals surface area contributed by atoms with E-state index in [9.17, 15) is 10.1 Å². The summed E-state index contributed by atoms with van der Waals surface area (Å²) in [5, 5.41) is 10.3. The van der Waals surface area contributed by atoms with Crippen LogP contribution in [0.2, 0.25) is 0 Å². The third kappa shape index (κ3) is 2.08. The normalized spacial score (nSPS) is 25.8. The molecule has 1 aliphatic heterocycles. The number of thiophene rings is 1. The number of hydrogen-bond acceptors (Lipinski definition) is 5. The van der Waals surface area contributed by atoms with E-state index in [2.05, 4.69) is 24.8 Å². The van der Waals surface area contributed by atoms with Crippen LogP contribution in [0.3, 0.4) is 0 Å². The van der Waals surface area contributed by atoms with E-state index >= 15 is 0 Å². The average Bonchev–Trinajstić information content (AvgIpc) is 3.14. The van der Waals surface area contributed by atoms with Crippen molar-refractivity contribution in [2.75, 3.05) is 23.7 Å². The molecular weight excluding hydrogens is 270 g/mol. The lowest BCUT2D eigenvalue weighted by molar-refractivity contribution is 0.0972. The molecule has 4 nitrogen and oxygen atoms in total. The second kappa shape index (κ2) is 4.78. The molecular formula is C15H19N3OS. The molecule has 1 saturated heterocycles. The minimum atomic E-state index is 0.135. The monoisotopic (exact) mass is 289 g/mol. The van der Waals surface area contributed by atoms with Crippen molar-refractivity contribution in [3.63, 3.8) is 0 Å². The molecule has 5 heteroatoms. The zero-order valence-corrected chi connectivity index (χ0v) is 12.7. The van der Waals surface area contributed by atoms with Gasteiger partial charge in [-0.1, -0.05) is 13.8 Å². The van der Waals surface area contributed by atoms with Crippen LogP contribution in [0.15, 0.2) is 0 Å². The van der Waals surface area contributed by atoms with Crippen molar-refractivity contribution in [3.8, 4) is 6.07 Å². The summed E-state index contributed by atoms with van der Waals surface area (Å²) in [6, 6.07) is 2.20. The Bertz CT molecular complexity index is 587. The smallest absolute Gasteiger partial charge is 0.178 e. The van der Waals surface area contributed by atoms with Gasteiger partial charge in [0.2, 0.25) is 0 Å². The van der Waals surface area contributed by atoms with Gasteiger partial charge in [-0.05, 0) is 24.7 Å². The molecule has 20 heavy (non-hydrogen) atoms. The van der Waals surface area contributed by atoms with Gasteiger partial charge < -0.3 is 10.6 Å². The van der Waals surface area contributed by atoms with Gasteiger partial charge in [-0.25, -0.2) is 0 Å². The maximum atomic E-state index is 12.3. The molecule has 0 amide bonds. The van der Waals surface area contributed by atoms with Crippen LogP contribution in [0.1, 0.15) is 41.9 Å². The van der Waals surface area contributed by atoms with E-state index in [1.54, 1.807) is 0 Å². The first kappa shape index (κ1) is 13.4. The van der Waals surface area contributed by atoms with Gasteiger partial charge in [0, 0.05) is 19.0 Å². The molecule has 2 N–H and O–H groups in total. The van der Waals surface area contributed by atoms with E-state index in [0.717, 1.165) is 30.9 Å². The fourth-order valence-corrected chi connectivity index (χ4v) is 3.98. The van der Waals surface area contributed by atoms with Gasteiger partial charge in [0.05, 0.1) is 10.6 Å². The Morgan fingerprint density at radius 3 is 2.45 bits per heavy atom. The molecule has 106 valence electrons. The third-order valence-corrected chi connectivity index (χ3v) is 5.77. The number of carbonyl (C=O) groups excluding carboxylic acids is 1. The lowest BCUT2D eigenvalue weighted by Gasteiger charge is -2.16. The van der Waals surface area contributed by atoms with Crippen molar-refractivity contribution in [2.24, 2.45) is 17.8 Å². The molecule has 2 atom stereocenters. The Kier molecular flexibility index (Phi) is 3.21. The van der Waals surface area contributed by atoms with E-state index in [0.29, 0.717) is 28.0 Å². The molecule has 3 rings (SSSR count). The number of hydrogen-bond donors (Lipinski definition) is 1. The Hall–Kier alpha value is -1.54. The summed E-state index contributed by atoms with van der Waals surface area (Å²) in [6.07, 6.45) is 1.93. The topological polar surface area (TPSA) is 70.1 Å². The van der Waals surface area contributed by atoms with E-state index in [1.165, 1.54) is 11.3 Å². The number of nitriles is 1. The van der Waals surface area contributed by atoms with E-state index in [4.69, 9.17) is 5.73 Å². The molecule has 2 unspecified atom stereocenters. The van der Waals surface area contributed by atoms with Gasteiger partial charge >= 0.3 is 0 Å². The van der Waals surface area contributed by atoms with Crippen molar-refractivity contribution in [1.29, 1.82) is 5.26 Å². The van der Waals surface area contributed by atoms with Crippen LogP contribution < -0.4 is 10.6 Å². The molecule has 0 bridgehead atoms. The van der Waals surface area contributed by atoms with Crippen molar-refractivity contribution in [3.05, 3.63) is 10.4 Å². The van der Waals surface area contributed by atoms with Crippen LogP contribution in [0.4, 0.5) is 10.7 Å². The van der Waals surface area contributed by atoms with Gasteiger partial charge in [-0.15, -0.1) is 11.3 Å². The number of rotatable bonds is 3. The molecule has 1 aromatic rings. The molecule has 1 saturated carbocycles. The van der Waals surface area contributed by atoms with E-state index < -0.39 is 0 Å². The quantitative estimate of drug-likeness (QED) is 0.869. The zero-order valence-electron chi connectivity index (χ0n) is 11.8. The predicted octanol–water partition coefficient (Wildman–Crippen LogP) is 2.89. The second-order valence-electron chi connectivity index (χ2n) is 6.13. The maximum Gasteiger partial charge on any atom is 0.178 e. The minimum absolute atomic E-state index is 0.135. The zero-order chi connectivity index (χ0) is 14.4. The largest absolute Gasteiger partial charge is 0.396 e. The summed E-state index contributed by atoms with van der Waals surface area (Å²) in [5.41, 5.74) is 6.96. The van der Waals surface area contributed by atoms with E-state index in [-0.39, 0.29) is 11.7 Å². The first-order chi connectivity index (χ1) is 9.52. The minimum Gasteiger partial charge on any atom is -0.396 e. The summed E-state index contributed by atoms with van der Waals surface area (Å²) >= 11 is 1.42. The fourth-order valence-electron chi connectivity index (χ4n) is 2.77. The molecule has 2 fully saturated rings. The molecule has 0 radical (unpaired) electrons. The van der Waals surface area contributed by atoms with Crippen molar-refractivity contribution >= 4 is 27.8 Å². The van der Waals surface area contributed by atoms with Crippen LogP contribution in [0, 0.1) is 29.1 Å². The number of Topliss-reactive ketones (excluding diaryl/α,β-unsaturated/α-hetero) is 1. The highest BCUT2D eigenvalue weighted by molar-refractivity contribution is 7.19. The van der Waals surface area contributed by atoms with Crippen LogP contribution in [-0.4, -0.2) is 18.9 Å². The highest BCUT2D eigenvalue weighted by atomic mass is 32.1. The van der Waals surface area contributed by atoms with E-state index in [1.807, 2.05) is 0 Å².